The molecule has 8 heteroatoms. The average molecular weight is 410 g/mol. The van der Waals surface area contributed by atoms with E-state index < -0.39 is 26.2 Å². The van der Waals surface area contributed by atoms with Crippen LogP contribution in [-0.4, -0.2) is 37.8 Å². The summed E-state index contributed by atoms with van der Waals surface area (Å²) in [5.74, 6) is -1.34. The zero-order chi connectivity index (χ0) is 20.5. The molecule has 0 aliphatic carbocycles. The second-order valence-corrected chi connectivity index (χ2v) is 10.7. The number of aromatic nitrogens is 1. The van der Waals surface area contributed by atoms with Gasteiger partial charge >= 0.3 is 0 Å². The van der Waals surface area contributed by atoms with Gasteiger partial charge in [0.05, 0.1) is 16.6 Å². The third kappa shape index (κ3) is 4.27. The van der Waals surface area contributed by atoms with Crippen LogP contribution in [0.15, 0.2) is 41.6 Å². The lowest BCUT2D eigenvalue weighted by Gasteiger charge is -2.20. The average Bonchev–Trinajstić information content (AvgIpc) is 3.11. The molecule has 2 heterocycles. The summed E-state index contributed by atoms with van der Waals surface area (Å²) in [4.78, 5) is 6.14. The van der Waals surface area contributed by atoms with Crippen molar-refractivity contribution in [3.8, 4) is 0 Å². The summed E-state index contributed by atoms with van der Waals surface area (Å²) in [6.07, 6.45) is 2.45. The van der Waals surface area contributed by atoms with Crippen LogP contribution in [-0.2, 0) is 9.84 Å². The Morgan fingerprint density at radius 3 is 2.54 bits per heavy atom. The van der Waals surface area contributed by atoms with Gasteiger partial charge in [-0.2, -0.15) is 0 Å². The normalized spacial score (nSPS) is 17.8. The zero-order valence-electron chi connectivity index (χ0n) is 16.2. The van der Waals surface area contributed by atoms with Gasteiger partial charge in [0, 0.05) is 31.4 Å². The maximum absolute atomic E-state index is 13.4. The van der Waals surface area contributed by atoms with Crippen LogP contribution in [0.5, 0.6) is 0 Å². The Kier molecular flexibility index (Phi) is 5.61. The largest absolute Gasteiger partial charge is 0.383 e. The highest BCUT2D eigenvalue weighted by Gasteiger charge is 2.32. The van der Waals surface area contributed by atoms with E-state index in [1.807, 2.05) is 4.90 Å². The highest BCUT2D eigenvalue weighted by Crippen LogP contribution is 2.26. The molecule has 1 aliphatic rings. The van der Waals surface area contributed by atoms with Crippen LogP contribution in [0.3, 0.4) is 0 Å². The van der Waals surface area contributed by atoms with Crippen molar-refractivity contribution in [3.63, 3.8) is 0 Å². The van der Waals surface area contributed by atoms with Crippen molar-refractivity contribution in [1.29, 1.82) is 0 Å². The molecule has 28 heavy (non-hydrogen) atoms. The molecule has 2 aromatic rings. The summed E-state index contributed by atoms with van der Waals surface area (Å²) >= 11 is 0. The Hall–Kier alpha value is -2.22. The molecule has 1 N–H and O–H groups in total. The number of sulfone groups is 1. The fraction of sp³-hybridized carbons (Fsp3) is 0.450. The highest BCUT2D eigenvalue weighted by atomic mass is 32.2. The second-order valence-electron chi connectivity index (χ2n) is 8.08. The predicted octanol–water partition coefficient (Wildman–Crippen LogP) is 3.87. The van der Waals surface area contributed by atoms with E-state index >= 15 is 0 Å². The van der Waals surface area contributed by atoms with Gasteiger partial charge in [0.2, 0.25) is 0 Å². The lowest BCUT2D eigenvalue weighted by molar-refractivity contribution is 0.508. The number of rotatable bonds is 5. The van der Waals surface area contributed by atoms with Crippen LogP contribution < -0.4 is 10.2 Å². The third-order valence-corrected chi connectivity index (χ3v) is 7.37. The first kappa shape index (κ1) is 20.5. The first-order valence-corrected chi connectivity index (χ1v) is 10.7. The van der Waals surface area contributed by atoms with Crippen LogP contribution in [0, 0.1) is 17.6 Å². The minimum Gasteiger partial charge on any atom is -0.383 e. The molecule has 1 aliphatic heterocycles. The van der Waals surface area contributed by atoms with Crippen molar-refractivity contribution in [1.82, 2.24) is 4.98 Å². The van der Waals surface area contributed by atoms with Gasteiger partial charge in [-0.15, -0.1) is 0 Å². The van der Waals surface area contributed by atoms with Crippen molar-refractivity contribution < 1.29 is 17.2 Å². The Labute approximate surface area is 164 Å². The third-order valence-electron chi connectivity index (χ3n) is 4.97. The number of benzene rings is 1. The van der Waals surface area contributed by atoms with E-state index in [1.165, 1.54) is 18.3 Å². The summed E-state index contributed by atoms with van der Waals surface area (Å²) < 4.78 is 50.4. The number of hydrogen-bond donors (Lipinski definition) is 1. The van der Waals surface area contributed by atoms with E-state index in [-0.39, 0.29) is 5.03 Å². The molecule has 0 bridgehead atoms. The summed E-state index contributed by atoms with van der Waals surface area (Å²) in [5.41, 5.74) is 1.43. The molecule has 0 spiro atoms. The summed E-state index contributed by atoms with van der Waals surface area (Å²) in [7, 11) is -3.47. The van der Waals surface area contributed by atoms with Gasteiger partial charge in [-0.05, 0) is 57.4 Å². The molecule has 3 rings (SSSR count). The number of hydrogen-bond acceptors (Lipinski definition) is 5. The molecule has 152 valence electrons. The number of nitrogens with zero attached hydrogens (tertiary/aromatic N) is 2. The maximum atomic E-state index is 13.4. The van der Waals surface area contributed by atoms with Gasteiger partial charge in [-0.1, -0.05) is 0 Å². The van der Waals surface area contributed by atoms with Crippen LogP contribution in [0.25, 0.3) is 0 Å². The number of halogens is 2. The molecule has 1 unspecified atom stereocenters. The lowest BCUT2D eigenvalue weighted by Crippen LogP contribution is -2.28. The van der Waals surface area contributed by atoms with Gasteiger partial charge < -0.3 is 10.2 Å². The second kappa shape index (κ2) is 7.66. The SMILES string of the molecule is CC(C)(C)S(=O)(=O)c1ccc(NCC2CCN(c3ccc(F)c(F)c3)C2)cn1. The van der Waals surface area contributed by atoms with Gasteiger partial charge in [0.1, 0.15) is 0 Å². The molecular formula is C20H25F2N3O2S. The van der Waals surface area contributed by atoms with Gasteiger partial charge in [-0.3, -0.25) is 0 Å². The molecule has 0 saturated carbocycles. The van der Waals surface area contributed by atoms with E-state index in [9.17, 15) is 17.2 Å². The van der Waals surface area contributed by atoms with Crippen molar-refractivity contribution in [2.45, 2.75) is 37.0 Å². The Morgan fingerprint density at radius 2 is 1.93 bits per heavy atom. The maximum Gasteiger partial charge on any atom is 0.200 e. The molecule has 5 nitrogen and oxygen atoms in total. The first-order chi connectivity index (χ1) is 13.1. The van der Waals surface area contributed by atoms with Gasteiger partial charge in [0.25, 0.3) is 0 Å². The topological polar surface area (TPSA) is 62.3 Å². The first-order valence-electron chi connectivity index (χ1n) is 9.22. The molecule has 1 aromatic heterocycles. The summed E-state index contributed by atoms with van der Waals surface area (Å²) in [5, 5.41) is 3.34. The van der Waals surface area contributed by atoms with Crippen LogP contribution in [0.4, 0.5) is 20.2 Å². The number of nitrogens with one attached hydrogen (secondary N) is 1. The molecule has 1 aromatic carbocycles. The van der Waals surface area contributed by atoms with E-state index in [0.717, 1.165) is 31.3 Å². The smallest absolute Gasteiger partial charge is 0.200 e. The fourth-order valence-electron chi connectivity index (χ4n) is 3.14. The van der Waals surface area contributed by atoms with Gasteiger partial charge in [0.15, 0.2) is 26.5 Å². The van der Waals surface area contributed by atoms with Crippen molar-refractivity contribution >= 4 is 21.2 Å². The Morgan fingerprint density at radius 1 is 1.18 bits per heavy atom. The standard InChI is InChI=1S/C20H25F2N3O2S/c1-20(2,3)28(26,27)19-7-4-15(12-24-19)23-11-14-8-9-25(13-14)16-5-6-17(21)18(22)10-16/h4-7,10,12,14,23H,8-9,11,13H2,1-3H3. The van der Waals surface area contributed by atoms with E-state index in [0.29, 0.717) is 18.2 Å². The molecule has 0 amide bonds. The quantitative estimate of drug-likeness (QED) is 0.812. The van der Waals surface area contributed by atoms with Crippen molar-refractivity contribution in [2.75, 3.05) is 29.9 Å². The fourth-order valence-corrected chi connectivity index (χ4v) is 4.20. The Bertz CT molecular complexity index is 941. The van der Waals surface area contributed by atoms with Crippen LogP contribution in [0.2, 0.25) is 0 Å². The minimum atomic E-state index is -3.47. The van der Waals surface area contributed by atoms with Crippen molar-refractivity contribution in [3.05, 3.63) is 48.2 Å². The minimum absolute atomic E-state index is 0.0657. The number of anilines is 2. The molecular weight excluding hydrogens is 384 g/mol. The highest BCUT2D eigenvalue weighted by molar-refractivity contribution is 7.92. The van der Waals surface area contributed by atoms with Crippen LogP contribution >= 0.6 is 0 Å². The molecule has 1 saturated heterocycles. The van der Waals surface area contributed by atoms with Crippen molar-refractivity contribution in [2.24, 2.45) is 5.92 Å². The van der Waals surface area contributed by atoms with Gasteiger partial charge in [-0.25, -0.2) is 22.2 Å². The zero-order valence-corrected chi connectivity index (χ0v) is 17.1. The molecule has 1 fully saturated rings. The Balaban J connectivity index is 1.57. The van der Waals surface area contributed by atoms with E-state index in [1.54, 1.807) is 32.9 Å². The molecule has 0 radical (unpaired) electrons. The van der Waals surface area contributed by atoms with E-state index in [4.69, 9.17) is 0 Å². The monoisotopic (exact) mass is 409 g/mol. The van der Waals surface area contributed by atoms with Crippen LogP contribution in [0.1, 0.15) is 27.2 Å². The van der Waals surface area contributed by atoms with E-state index in [2.05, 4.69) is 10.3 Å². The lowest BCUT2D eigenvalue weighted by atomic mass is 10.1. The molecule has 1 atom stereocenters. The number of pyridine rings is 1. The summed E-state index contributed by atoms with van der Waals surface area (Å²) in [6.45, 7) is 7.15. The predicted molar refractivity (Wildman–Crippen MR) is 106 cm³/mol. The summed E-state index contributed by atoms with van der Waals surface area (Å²) in [6, 6.07) is 7.20.